The monoisotopic (exact) mass is 806 g/mol. The van der Waals surface area contributed by atoms with E-state index in [-0.39, 0.29) is 62.4 Å². The number of amides is 4. The molecule has 4 heterocycles. The maximum absolute atomic E-state index is 14.8. The Bertz CT molecular complexity index is 2010. The number of β-amino-alcohol motifs (C(OH)–C–C–N with tert-alkyl or cyclic N) is 2. The number of H-pyrrole nitrogens is 2. The van der Waals surface area contributed by atoms with E-state index in [0.717, 1.165) is 11.1 Å². The van der Waals surface area contributed by atoms with Gasteiger partial charge in [0.05, 0.1) is 35.7 Å². The molecule has 8 atom stereocenters. The van der Waals surface area contributed by atoms with Crippen LogP contribution in [0.25, 0.3) is 33.2 Å². The van der Waals surface area contributed by atoms with Crippen molar-refractivity contribution >= 4 is 45.4 Å². The average Bonchev–Trinajstić information content (AvgIpc) is 3.96. The fourth-order valence-electron chi connectivity index (χ4n) is 8.42. The lowest BCUT2D eigenvalue weighted by atomic mass is 9.94. The average molecular weight is 807 g/mol. The smallest absolute Gasteiger partial charge is 0.245 e. The van der Waals surface area contributed by atoms with Gasteiger partial charge >= 0.3 is 0 Å². The summed E-state index contributed by atoms with van der Waals surface area (Å²) in [6.45, 7) is 7.15. The molecular formula is C42H56F2N8O6. The molecule has 0 bridgehead atoms. The lowest BCUT2D eigenvalue weighted by molar-refractivity contribution is -0.138. The second-order valence-electron chi connectivity index (χ2n) is 15.8. The van der Waals surface area contributed by atoms with Crippen LogP contribution in [-0.2, 0) is 32.0 Å². The fourth-order valence-corrected chi connectivity index (χ4v) is 8.42. The van der Waals surface area contributed by atoms with Crippen molar-refractivity contribution in [1.29, 1.82) is 0 Å². The summed E-state index contributed by atoms with van der Waals surface area (Å²) >= 11 is 0. The minimum absolute atomic E-state index is 0.0711. The second-order valence-corrected chi connectivity index (χ2v) is 15.8. The first-order valence-corrected chi connectivity index (χ1v) is 20.2. The molecule has 58 heavy (non-hydrogen) atoms. The van der Waals surface area contributed by atoms with Crippen LogP contribution in [0.15, 0.2) is 36.4 Å². The molecule has 4 amide bonds. The molecule has 2 aliphatic rings. The normalized spacial score (nSPS) is 21.7. The van der Waals surface area contributed by atoms with E-state index in [1.807, 2.05) is 13.8 Å². The number of nitrogens with one attached hydrogen (secondary N) is 6. The highest BCUT2D eigenvalue weighted by Gasteiger charge is 2.41. The molecule has 2 aromatic heterocycles. The first-order valence-electron chi connectivity index (χ1n) is 20.2. The SMILES string of the molecule is CC[C@@H](NC(=O)[C@@H](C)NC)C(=O)N1C[C@H](O)C[C@@H]1Cc1c(-c2[nH]c3cc(F)ccc3c2C[C@H]2C[C@@H](O)CN2C(=O)[C@@H](CC)NC(=O)[C@@H](C)NC)[nH]c2cc(F)ccc12. The predicted octanol–water partition coefficient (Wildman–Crippen LogP) is 2.61. The first-order chi connectivity index (χ1) is 27.7. The van der Waals surface area contributed by atoms with Crippen LogP contribution >= 0.6 is 0 Å². The molecule has 2 fully saturated rings. The number of likely N-dealkylation sites (tertiary alicyclic amines) is 2. The van der Waals surface area contributed by atoms with Gasteiger partial charge < -0.3 is 51.2 Å². The summed E-state index contributed by atoms with van der Waals surface area (Å²) in [6.07, 6.45) is 0.0738. The van der Waals surface area contributed by atoms with E-state index in [0.29, 0.717) is 46.0 Å². The van der Waals surface area contributed by atoms with Gasteiger partial charge in [0, 0.05) is 47.0 Å². The molecule has 0 aliphatic carbocycles. The molecule has 0 unspecified atom stereocenters. The van der Waals surface area contributed by atoms with Crippen molar-refractivity contribution in [3.8, 4) is 11.4 Å². The predicted molar refractivity (Wildman–Crippen MR) is 217 cm³/mol. The maximum atomic E-state index is 14.8. The van der Waals surface area contributed by atoms with Gasteiger partial charge in [-0.25, -0.2) is 8.78 Å². The van der Waals surface area contributed by atoms with Crippen molar-refractivity contribution in [3.63, 3.8) is 0 Å². The number of hydrogen-bond acceptors (Lipinski definition) is 8. The van der Waals surface area contributed by atoms with Gasteiger partial charge in [0.1, 0.15) is 23.7 Å². The highest BCUT2D eigenvalue weighted by Crippen LogP contribution is 2.40. The largest absolute Gasteiger partial charge is 0.391 e. The molecule has 8 N–H and O–H groups in total. The molecule has 2 saturated heterocycles. The van der Waals surface area contributed by atoms with E-state index < -0.39 is 60.1 Å². The molecule has 2 aromatic carbocycles. The summed E-state index contributed by atoms with van der Waals surface area (Å²) in [5.41, 5.74) is 3.58. The Morgan fingerprint density at radius 3 is 1.43 bits per heavy atom. The molecular weight excluding hydrogens is 751 g/mol. The number of likely N-dealkylation sites (N-methyl/N-ethyl adjacent to an activating group) is 2. The summed E-state index contributed by atoms with van der Waals surface area (Å²) in [5.74, 6) is -2.21. The quantitative estimate of drug-likeness (QED) is 0.0899. The van der Waals surface area contributed by atoms with Crippen molar-refractivity contribution in [2.75, 3.05) is 27.2 Å². The van der Waals surface area contributed by atoms with Gasteiger partial charge in [-0.3, -0.25) is 19.2 Å². The van der Waals surface area contributed by atoms with Crippen molar-refractivity contribution in [2.45, 2.75) is 115 Å². The Labute approximate surface area is 336 Å². The Balaban J connectivity index is 1.40. The third kappa shape index (κ3) is 8.75. The number of fused-ring (bicyclic) bond motifs is 2. The topological polar surface area (TPSA) is 195 Å². The fraction of sp³-hybridized carbons (Fsp3) is 0.524. The highest BCUT2D eigenvalue weighted by molar-refractivity contribution is 5.97. The van der Waals surface area contributed by atoms with Crippen LogP contribution in [0.2, 0.25) is 0 Å². The van der Waals surface area contributed by atoms with E-state index in [1.165, 1.54) is 24.3 Å². The molecule has 14 nitrogen and oxygen atoms in total. The van der Waals surface area contributed by atoms with Crippen molar-refractivity contribution < 1.29 is 38.2 Å². The van der Waals surface area contributed by atoms with Gasteiger partial charge in [-0.1, -0.05) is 13.8 Å². The van der Waals surface area contributed by atoms with E-state index in [9.17, 15) is 38.2 Å². The number of halogens is 2. The number of aliphatic hydroxyl groups excluding tert-OH is 2. The number of carbonyl (C=O) groups is 4. The Morgan fingerprint density at radius 1 is 0.707 bits per heavy atom. The third-order valence-corrected chi connectivity index (χ3v) is 11.9. The summed E-state index contributed by atoms with van der Waals surface area (Å²) < 4.78 is 29.6. The van der Waals surface area contributed by atoms with Crippen LogP contribution in [0.3, 0.4) is 0 Å². The van der Waals surface area contributed by atoms with Gasteiger partial charge in [-0.2, -0.15) is 0 Å². The Morgan fingerprint density at radius 2 is 1.09 bits per heavy atom. The molecule has 0 spiro atoms. The van der Waals surface area contributed by atoms with Crippen molar-refractivity contribution in [2.24, 2.45) is 0 Å². The van der Waals surface area contributed by atoms with Crippen LogP contribution in [0.5, 0.6) is 0 Å². The van der Waals surface area contributed by atoms with Gasteiger partial charge in [-0.15, -0.1) is 0 Å². The maximum Gasteiger partial charge on any atom is 0.245 e. The Hall–Kier alpha value is -4.90. The van der Waals surface area contributed by atoms with E-state index in [4.69, 9.17) is 0 Å². The molecule has 0 saturated carbocycles. The van der Waals surface area contributed by atoms with Crippen molar-refractivity contribution in [1.82, 2.24) is 41.0 Å². The minimum atomic E-state index is -0.817. The summed E-state index contributed by atoms with van der Waals surface area (Å²) in [4.78, 5) is 63.7. The zero-order chi connectivity index (χ0) is 42.0. The summed E-state index contributed by atoms with van der Waals surface area (Å²) in [6, 6.07) is 5.13. The van der Waals surface area contributed by atoms with Crippen LogP contribution < -0.4 is 21.3 Å². The first kappa shape index (κ1) is 42.7. The molecule has 16 heteroatoms. The van der Waals surface area contributed by atoms with Gasteiger partial charge in [0.15, 0.2) is 0 Å². The number of rotatable bonds is 15. The van der Waals surface area contributed by atoms with Crippen LogP contribution in [0.4, 0.5) is 8.78 Å². The standard InChI is InChI=1S/C42H56F2N8O6/c1-7-33(49-39(55)21(3)45-5)41(57)51-19-27(53)15-25(51)17-31-29-11-9-23(43)13-35(29)47-37(31)38-32(30-12-10-24(44)14-36(30)48-38)18-26-16-28(54)20-52(26)42(58)34(8-2)50-40(56)22(4)46-6/h9-14,21-22,25-28,33-34,45-48,53-54H,7-8,15-20H2,1-6H3,(H,49,55)(H,50,56)/t21-,22-,25-,26-,27-,28-,33-,34-/m1/s1. The van der Waals surface area contributed by atoms with Gasteiger partial charge in [0.2, 0.25) is 23.6 Å². The number of benzene rings is 2. The zero-order valence-corrected chi connectivity index (χ0v) is 33.9. The zero-order valence-electron chi connectivity index (χ0n) is 33.9. The lowest BCUT2D eigenvalue weighted by Crippen LogP contribution is -2.53. The number of aliphatic hydroxyl groups is 2. The molecule has 6 rings (SSSR count). The Kier molecular flexibility index (Phi) is 13.2. The number of aromatic amines is 2. The molecule has 314 valence electrons. The summed E-state index contributed by atoms with van der Waals surface area (Å²) in [7, 11) is 3.31. The third-order valence-electron chi connectivity index (χ3n) is 11.9. The van der Waals surface area contributed by atoms with E-state index >= 15 is 0 Å². The molecule has 2 aliphatic heterocycles. The minimum Gasteiger partial charge on any atom is -0.391 e. The van der Waals surface area contributed by atoms with Gasteiger partial charge in [-0.05, 0) is 114 Å². The van der Waals surface area contributed by atoms with E-state index in [2.05, 4.69) is 31.2 Å². The number of nitrogens with zero attached hydrogens (tertiary/aromatic N) is 2. The lowest BCUT2D eigenvalue weighted by Gasteiger charge is -2.30. The van der Waals surface area contributed by atoms with Crippen LogP contribution in [0.1, 0.15) is 64.5 Å². The molecule has 0 radical (unpaired) electrons. The number of hydrogen-bond donors (Lipinski definition) is 8. The highest BCUT2D eigenvalue weighted by atomic mass is 19.1. The van der Waals surface area contributed by atoms with Crippen LogP contribution in [-0.4, -0.2) is 129 Å². The van der Waals surface area contributed by atoms with Gasteiger partial charge in [0.25, 0.3) is 0 Å². The second kappa shape index (κ2) is 17.9. The number of carbonyl (C=O) groups excluding carboxylic acids is 4. The van der Waals surface area contributed by atoms with Crippen LogP contribution in [0, 0.1) is 11.6 Å². The summed E-state index contributed by atoms with van der Waals surface area (Å²) in [5, 5.41) is 34.7. The molecule has 4 aromatic rings. The number of aromatic nitrogens is 2. The van der Waals surface area contributed by atoms with E-state index in [1.54, 1.807) is 49.9 Å². The van der Waals surface area contributed by atoms with Crippen molar-refractivity contribution in [3.05, 3.63) is 59.2 Å².